The number of ether oxygens (including phenoxy) is 3. The maximum absolute atomic E-state index is 11.9. The molecule has 0 aliphatic heterocycles. The number of hydrogen-bond acceptors (Lipinski definition) is 7. The first kappa shape index (κ1) is 18.4. The van der Waals surface area contributed by atoms with E-state index in [9.17, 15) is 19.7 Å². The molecule has 0 amide bonds. The number of hydrogen-bond donors (Lipinski definition) is 0. The average molecular weight is 325 g/mol. The first-order valence-corrected chi connectivity index (χ1v) is 6.77. The highest BCUT2D eigenvalue weighted by atomic mass is 16.6. The Hall–Kier alpha value is -2.64. The van der Waals surface area contributed by atoms with Crippen molar-refractivity contribution in [2.75, 3.05) is 27.9 Å². The average Bonchev–Trinajstić information content (AvgIpc) is 2.52. The second kappa shape index (κ2) is 8.11. The van der Waals surface area contributed by atoms with Crippen molar-refractivity contribution in [1.82, 2.24) is 0 Å². The summed E-state index contributed by atoms with van der Waals surface area (Å²) in [4.78, 5) is 34.2. The maximum Gasteiger partial charge on any atom is 0.317 e. The zero-order chi connectivity index (χ0) is 17.6. The Labute approximate surface area is 133 Å². The Balaban J connectivity index is 3.37. The Morgan fingerprint density at radius 2 is 1.78 bits per heavy atom. The van der Waals surface area contributed by atoms with Crippen LogP contribution in [0.4, 0.5) is 0 Å². The molecule has 0 aromatic heterocycles. The van der Waals surface area contributed by atoms with Gasteiger partial charge >= 0.3 is 5.97 Å². The molecular weight excluding hydrogens is 306 g/mol. The first-order valence-electron chi connectivity index (χ1n) is 6.77. The maximum atomic E-state index is 11.9. The molecule has 0 spiro atoms. The van der Waals surface area contributed by atoms with Crippen LogP contribution >= 0.6 is 0 Å². The summed E-state index contributed by atoms with van der Waals surface area (Å²) < 4.78 is 14.9. The fraction of sp³-hybridized carbons (Fsp3) is 0.467. The number of carbonyl (C=O) groups is 2. The van der Waals surface area contributed by atoms with E-state index >= 15 is 0 Å². The fourth-order valence-electron chi connectivity index (χ4n) is 2.39. The summed E-state index contributed by atoms with van der Waals surface area (Å²) in [6, 6.07) is 4.65. The van der Waals surface area contributed by atoms with Crippen molar-refractivity contribution in [3.63, 3.8) is 0 Å². The van der Waals surface area contributed by atoms with E-state index in [0.717, 1.165) is 7.11 Å². The van der Waals surface area contributed by atoms with Crippen molar-refractivity contribution in [3.8, 4) is 11.5 Å². The SMILES string of the molecule is COC(=O)[C@@H](C(C)=O)[C@H](C[N+](=O)[O-])c1ccc(OC)c(OC)c1. The first-order chi connectivity index (χ1) is 10.8. The van der Waals surface area contributed by atoms with Crippen LogP contribution < -0.4 is 9.47 Å². The molecule has 0 N–H and O–H groups in total. The Morgan fingerprint density at radius 1 is 1.17 bits per heavy atom. The van der Waals surface area contributed by atoms with Crippen LogP contribution in [0.2, 0.25) is 0 Å². The van der Waals surface area contributed by atoms with E-state index < -0.39 is 35.1 Å². The Morgan fingerprint density at radius 3 is 2.22 bits per heavy atom. The lowest BCUT2D eigenvalue weighted by molar-refractivity contribution is -0.484. The van der Waals surface area contributed by atoms with Gasteiger partial charge in [-0.3, -0.25) is 19.7 Å². The van der Waals surface area contributed by atoms with Gasteiger partial charge in [0.15, 0.2) is 11.5 Å². The molecule has 0 fully saturated rings. The molecule has 1 rings (SSSR count). The van der Waals surface area contributed by atoms with Crippen LogP contribution in [0.5, 0.6) is 11.5 Å². The van der Waals surface area contributed by atoms with E-state index in [1.165, 1.54) is 27.2 Å². The molecular formula is C15H19NO7. The minimum absolute atomic E-state index is 0.352. The van der Waals surface area contributed by atoms with Crippen LogP contribution in [0, 0.1) is 16.0 Å². The van der Waals surface area contributed by atoms with Gasteiger partial charge in [0.2, 0.25) is 6.54 Å². The Bertz CT molecular complexity index is 599. The van der Waals surface area contributed by atoms with Crippen LogP contribution in [0.1, 0.15) is 18.4 Å². The smallest absolute Gasteiger partial charge is 0.317 e. The van der Waals surface area contributed by atoms with E-state index in [-0.39, 0.29) is 0 Å². The van der Waals surface area contributed by atoms with Crippen molar-refractivity contribution in [2.24, 2.45) is 5.92 Å². The summed E-state index contributed by atoms with van der Waals surface area (Å²) in [5.74, 6) is -2.74. The summed E-state index contributed by atoms with van der Waals surface area (Å²) in [5, 5.41) is 11.0. The molecule has 0 aliphatic carbocycles. The van der Waals surface area contributed by atoms with Gasteiger partial charge in [-0.2, -0.15) is 0 Å². The minimum Gasteiger partial charge on any atom is -0.493 e. The number of ketones is 1. The number of Topliss-reactive ketones (excluding diaryl/α,β-unsaturated/α-hetero) is 1. The van der Waals surface area contributed by atoms with E-state index in [1.54, 1.807) is 12.1 Å². The van der Waals surface area contributed by atoms with E-state index in [4.69, 9.17) is 9.47 Å². The molecule has 8 nitrogen and oxygen atoms in total. The van der Waals surface area contributed by atoms with Gasteiger partial charge in [0.25, 0.3) is 0 Å². The van der Waals surface area contributed by atoms with Gasteiger partial charge in [-0.05, 0) is 24.6 Å². The second-order valence-electron chi connectivity index (χ2n) is 4.85. The fourth-order valence-corrected chi connectivity index (χ4v) is 2.39. The lowest BCUT2D eigenvalue weighted by Crippen LogP contribution is -2.33. The largest absolute Gasteiger partial charge is 0.493 e. The molecule has 23 heavy (non-hydrogen) atoms. The van der Waals surface area contributed by atoms with Gasteiger partial charge in [0, 0.05) is 4.92 Å². The van der Waals surface area contributed by atoms with Crippen molar-refractivity contribution < 1.29 is 28.7 Å². The molecule has 126 valence electrons. The Kier molecular flexibility index (Phi) is 6.49. The predicted molar refractivity (Wildman–Crippen MR) is 80.3 cm³/mol. The van der Waals surface area contributed by atoms with Crippen molar-refractivity contribution in [2.45, 2.75) is 12.8 Å². The molecule has 1 aromatic rings. The van der Waals surface area contributed by atoms with Crippen LogP contribution in [0.3, 0.4) is 0 Å². The number of nitro groups is 1. The molecule has 0 saturated heterocycles. The van der Waals surface area contributed by atoms with E-state index in [2.05, 4.69) is 4.74 Å². The molecule has 1 aromatic carbocycles. The van der Waals surface area contributed by atoms with Crippen LogP contribution in [0.25, 0.3) is 0 Å². The zero-order valence-electron chi connectivity index (χ0n) is 13.4. The third-order valence-corrected chi connectivity index (χ3v) is 3.48. The zero-order valence-corrected chi connectivity index (χ0v) is 13.4. The predicted octanol–water partition coefficient (Wildman–Crippen LogP) is 1.44. The highest BCUT2D eigenvalue weighted by Crippen LogP contribution is 2.34. The number of benzene rings is 1. The lowest BCUT2D eigenvalue weighted by Gasteiger charge is -2.21. The molecule has 0 radical (unpaired) electrons. The highest BCUT2D eigenvalue weighted by molar-refractivity contribution is 5.98. The standard InChI is InChI=1S/C15H19NO7/c1-9(17)14(15(18)23-4)11(8-16(19)20)10-5-6-12(21-2)13(7-10)22-3/h5-7,11,14H,8H2,1-4H3/t11-,14+/m1/s1. The lowest BCUT2D eigenvalue weighted by atomic mass is 9.83. The number of nitrogens with zero attached hydrogens (tertiary/aromatic N) is 1. The van der Waals surface area contributed by atoms with E-state index in [1.807, 2.05) is 0 Å². The molecule has 8 heteroatoms. The van der Waals surface area contributed by atoms with Gasteiger partial charge in [-0.25, -0.2) is 0 Å². The number of carbonyl (C=O) groups excluding carboxylic acids is 2. The normalized spacial score (nSPS) is 12.9. The van der Waals surface area contributed by atoms with Crippen molar-refractivity contribution in [1.29, 1.82) is 0 Å². The highest BCUT2D eigenvalue weighted by Gasteiger charge is 2.38. The monoisotopic (exact) mass is 325 g/mol. The second-order valence-corrected chi connectivity index (χ2v) is 4.85. The number of methoxy groups -OCH3 is 3. The minimum atomic E-state index is -1.26. The van der Waals surface area contributed by atoms with Gasteiger partial charge in [0.1, 0.15) is 11.7 Å². The molecule has 0 saturated carbocycles. The third-order valence-electron chi connectivity index (χ3n) is 3.48. The molecule has 0 bridgehead atoms. The molecule has 0 unspecified atom stereocenters. The summed E-state index contributed by atoms with van der Waals surface area (Å²) in [5.41, 5.74) is 0.421. The van der Waals surface area contributed by atoms with E-state index in [0.29, 0.717) is 17.1 Å². The van der Waals surface area contributed by atoms with Gasteiger partial charge in [-0.15, -0.1) is 0 Å². The van der Waals surface area contributed by atoms with Gasteiger partial charge < -0.3 is 14.2 Å². The van der Waals surface area contributed by atoms with Crippen molar-refractivity contribution in [3.05, 3.63) is 33.9 Å². The van der Waals surface area contributed by atoms with Gasteiger partial charge in [0.05, 0.1) is 27.2 Å². The summed E-state index contributed by atoms with van der Waals surface area (Å²) in [6.07, 6.45) is 0. The van der Waals surface area contributed by atoms with Gasteiger partial charge in [-0.1, -0.05) is 6.07 Å². The van der Waals surface area contributed by atoms with Crippen LogP contribution in [0.15, 0.2) is 18.2 Å². The summed E-state index contributed by atoms with van der Waals surface area (Å²) in [6.45, 7) is 0.615. The van der Waals surface area contributed by atoms with Crippen LogP contribution in [-0.4, -0.2) is 44.6 Å². The summed E-state index contributed by atoms with van der Waals surface area (Å²) >= 11 is 0. The molecule has 2 atom stereocenters. The summed E-state index contributed by atoms with van der Waals surface area (Å²) in [7, 11) is 4.02. The molecule has 0 heterocycles. The van der Waals surface area contributed by atoms with Crippen LogP contribution in [-0.2, 0) is 14.3 Å². The number of rotatable bonds is 8. The topological polar surface area (TPSA) is 105 Å². The quantitative estimate of drug-likeness (QED) is 0.308. The molecule has 0 aliphatic rings. The van der Waals surface area contributed by atoms with Crippen molar-refractivity contribution >= 4 is 11.8 Å². The number of esters is 1. The third kappa shape index (κ3) is 4.41.